The van der Waals surface area contributed by atoms with Crippen LogP contribution in [0.5, 0.6) is 5.75 Å². The number of carbonyl (C=O) groups is 1. The van der Waals surface area contributed by atoms with Crippen LogP contribution >= 0.6 is 0 Å². The van der Waals surface area contributed by atoms with E-state index < -0.39 is 0 Å². The maximum atomic E-state index is 12.3. The van der Waals surface area contributed by atoms with Crippen molar-refractivity contribution in [2.45, 2.75) is 58.1 Å². The Kier molecular flexibility index (Phi) is 6.68. The molecule has 1 aliphatic carbocycles. The van der Waals surface area contributed by atoms with Gasteiger partial charge in [0.1, 0.15) is 5.75 Å². The quantitative estimate of drug-likeness (QED) is 0.805. The molecular weight excluding hydrogens is 344 g/mol. The number of hydrogen-bond acceptors (Lipinski definition) is 5. The van der Waals surface area contributed by atoms with Crippen LogP contribution in [0, 0.1) is 6.92 Å². The first-order valence-electron chi connectivity index (χ1n) is 9.63. The van der Waals surface area contributed by atoms with E-state index in [1.165, 1.54) is 19.3 Å². The van der Waals surface area contributed by atoms with Crippen LogP contribution in [-0.4, -0.2) is 40.7 Å². The molecule has 0 aliphatic heterocycles. The molecule has 1 aromatic carbocycles. The Labute approximate surface area is 160 Å². The number of likely N-dealkylation sites (N-methyl/N-ethyl adjacent to an activating group) is 1. The Bertz CT molecular complexity index is 740. The molecule has 1 aromatic heterocycles. The first kappa shape index (κ1) is 19.2. The summed E-state index contributed by atoms with van der Waals surface area (Å²) >= 11 is 0. The highest BCUT2D eigenvalue weighted by molar-refractivity contribution is 5.74. The number of rotatable bonds is 7. The molecule has 2 amide bonds. The number of amides is 2. The fraction of sp³-hybridized carbons (Fsp3) is 0.550. The van der Waals surface area contributed by atoms with Gasteiger partial charge in [0.25, 0.3) is 5.89 Å². The number of benzene rings is 1. The van der Waals surface area contributed by atoms with Gasteiger partial charge in [-0.05, 0) is 37.5 Å². The third-order valence-corrected chi connectivity index (χ3v) is 4.81. The second-order valence-corrected chi connectivity index (χ2v) is 7.17. The summed E-state index contributed by atoms with van der Waals surface area (Å²) < 4.78 is 10.9. The van der Waals surface area contributed by atoms with Crippen molar-refractivity contribution in [3.8, 4) is 5.75 Å². The van der Waals surface area contributed by atoms with Crippen LogP contribution in [0.25, 0.3) is 0 Å². The molecule has 0 saturated heterocycles. The van der Waals surface area contributed by atoms with Crippen LogP contribution in [0.2, 0.25) is 0 Å². The molecule has 0 unspecified atom stereocenters. The van der Waals surface area contributed by atoms with Crippen LogP contribution in [0.3, 0.4) is 0 Å². The van der Waals surface area contributed by atoms with Crippen molar-refractivity contribution < 1.29 is 14.1 Å². The minimum absolute atomic E-state index is 0.0339. The SMILES string of the molecule is Cc1cccc(OCc2nc(CCN(C)C(=O)NC3CCCCC3)no2)c1. The molecular formula is C20H28N4O3. The van der Waals surface area contributed by atoms with Gasteiger partial charge in [-0.15, -0.1) is 0 Å². The van der Waals surface area contributed by atoms with Crippen molar-refractivity contribution in [2.24, 2.45) is 0 Å². The summed E-state index contributed by atoms with van der Waals surface area (Å²) in [5, 5.41) is 7.07. The summed E-state index contributed by atoms with van der Waals surface area (Å²) in [4.78, 5) is 18.3. The Morgan fingerprint density at radius 2 is 2.15 bits per heavy atom. The summed E-state index contributed by atoms with van der Waals surface area (Å²) in [6.45, 7) is 2.78. The highest BCUT2D eigenvalue weighted by Crippen LogP contribution is 2.17. The number of hydrogen-bond donors (Lipinski definition) is 1. The molecule has 1 saturated carbocycles. The van der Waals surface area contributed by atoms with Crippen molar-refractivity contribution in [1.29, 1.82) is 0 Å². The van der Waals surface area contributed by atoms with E-state index in [2.05, 4.69) is 15.5 Å². The molecule has 0 bridgehead atoms. The van der Waals surface area contributed by atoms with E-state index in [0.29, 0.717) is 30.7 Å². The molecule has 7 heteroatoms. The average molecular weight is 372 g/mol. The van der Waals surface area contributed by atoms with Crippen molar-refractivity contribution in [2.75, 3.05) is 13.6 Å². The zero-order chi connectivity index (χ0) is 19.1. The van der Waals surface area contributed by atoms with Crippen molar-refractivity contribution >= 4 is 6.03 Å². The summed E-state index contributed by atoms with van der Waals surface area (Å²) in [7, 11) is 1.79. The second-order valence-electron chi connectivity index (χ2n) is 7.17. The van der Waals surface area contributed by atoms with Gasteiger partial charge in [-0.25, -0.2) is 4.79 Å². The lowest BCUT2D eigenvalue weighted by atomic mass is 9.96. The lowest BCUT2D eigenvalue weighted by Gasteiger charge is -2.26. The number of ether oxygens (including phenoxy) is 1. The van der Waals surface area contributed by atoms with Gasteiger partial charge in [-0.1, -0.05) is 36.6 Å². The van der Waals surface area contributed by atoms with Crippen LogP contribution in [0.1, 0.15) is 49.4 Å². The van der Waals surface area contributed by atoms with Crippen LogP contribution in [0.4, 0.5) is 4.79 Å². The predicted octanol–water partition coefficient (Wildman–Crippen LogP) is 3.47. The fourth-order valence-electron chi connectivity index (χ4n) is 3.20. The number of aromatic nitrogens is 2. The number of nitrogens with one attached hydrogen (secondary N) is 1. The topological polar surface area (TPSA) is 80.5 Å². The number of aryl methyl sites for hydroxylation is 1. The Hall–Kier alpha value is -2.57. The average Bonchev–Trinajstić information content (AvgIpc) is 3.13. The van der Waals surface area contributed by atoms with Gasteiger partial charge >= 0.3 is 6.03 Å². The first-order valence-corrected chi connectivity index (χ1v) is 9.63. The van der Waals surface area contributed by atoms with Crippen molar-refractivity contribution in [1.82, 2.24) is 20.4 Å². The lowest BCUT2D eigenvalue weighted by molar-refractivity contribution is 0.200. The normalized spacial score (nSPS) is 14.7. The van der Waals surface area contributed by atoms with E-state index in [9.17, 15) is 4.79 Å². The molecule has 1 fully saturated rings. The monoisotopic (exact) mass is 372 g/mol. The molecule has 0 spiro atoms. The molecule has 1 heterocycles. The van der Waals surface area contributed by atoms with E-state index in [0.717, 1.165) is 24.2 Å². The molecule has 27 heavy (non-hydrogen) atoms. The maximum Gasteiger partial charge on any atom is 0.317 e. The summed E-state index contributed by atoms with van der Waals surface area (Å²) in [6, 6.07) is 8.08. The summed E-state index contributed by atoms with van der Waals surface area (Å²) in [6.07, 6.45) is 6.37. The zero-order valence-electron chi connectivity index (χ0n) is 16.1. The molecule has 0 radical (unpaired) electrons. The lowest BCUT2D eigenvalue weighted by Crippen LogP contribution is -2.44. The minimum atomic E-state index is -0.0339. The van der Waals surface area contributed by atoms with Gasteiger partial charge in [0.15, 0.2) is 12.4 Å². The van der Waals surface area contributed by atoms with Crippen molar-refractivity contribution in [3.05, 3.63) is 41.5 Å². The van der Waals surface area contributed by atoms with Gasteiger partial charge in [0, 0.05) is 26.1 Å². The molecule has 0 atom stereocenters. The molecule has 7 nitrogen and oxygen atoms in total. The third kappa shape index (κ3) is 5.98. The van der Waals surface area contributed by atoms with Gasteiger partial charge in [0.05, 0.1) is 0 Å². The van der Waals surface area contributed by atoms with Crippen LogP contribution in [-0.2, 0) is 13.0 Å². The highest BCUT2D eigenvalue weighted by atomic mass is 16.5. The predicted molar refractivity (Wildman–Crippen MR) is 102 cm³/mol. The first-order chi connectivity index (χ1) is 13.1. The van der Waals surface area contributed by atoms with E-state index in [1.54, 1.807) is 11.9 Å². The van der Waals surface area contributed by atoms with Gasteiger partial charge in [-0.2, -0.15) is 4.98 Å². The molecule has 3 rings (SSSR count). The number of urea groups is 1. The van der Waals surface area contributed by atoms with Gasteiger partial charge in [-0.3, -0.25) is 0 Å². The van der Waals surface area contributed by atoms with Crippen LogP contribution in [0.15, 0.2) is 28.8 Å². The minimum Gasteiger partial charge on any atom is -0.484 e. The standard InChI is InChI=1S/C20H28N4O3/c1-15-7-6-10-17(13-15)26-14-19-22-18(23-27-19)11-12-24(2)20(25)21-16-8-4-3-5-9-16/h6-7,10,13,16H,3-5,8-9,11-12,14H2,1-2H3,(H,21,25). The van der Waals surface area contributed by atoms with Gasteiger partial charge in [0.2, 0.25) is 0 Å². The van der Waals surface area contributed by atoms with E-state index in [1.807, 2.05) is 31.2 Å². The fourth-order valence-corrected chi connectivity index (χ4v) is 3.20. The zero-order valence-corrected chi connectivity index (χ0v) is 16.1. The summed E-state index contributed by atoms with van der Waals surface area (Å²) in [5.41, 5.74) is 1.13. The van der Waals surface area contributed by atoms with E-state index in [-0.39, 0.29) is 12.6 Å². The smallest absolute Gasteiger partial charge is 0.317 e. The van der Waals surface area contributed by atoms with Gasteiger partial charge < -0.3 is 19.5 Å². The Balaban J connectivity index is 1.41. The molecule has 146 valence electrons. The van der Waals surface area contributed by atoms with E-state index in [4.69, 9.17) is 9.26 Å². The second kappa shape index (κ2) is 9.39. The third-order valence-electron chi connectivity index (χ3n) is 4.81. The Morgan fingerprint density at radius 3 is 2.93 bits per heavy atom. The molecule has 1 N–H and O–H groups in total. The van der Waals surface area contributed by atoms with Crippen molar-refractivity contribution in [3.63, 3.8) is 0 Å². The summed E-state index contributed by atoms with van der Waals surface area (Å²) in [5.74, 6) is 1.78. The molecule has 2 aromatic rings. The van der Waals surface area contributed by atoms with E-state index >= 15 is 0 Å². The number of carbonyl (C=O) groups excluding carboxylic acids is 1. The number of nitrogens with zero attached hydrogens (tertiary/aromatic N) is 3. The largest absolute Gasteiger partial charge is 0.484 e. The maximum absolute atomic E-state index is 12.3. The van der Waals surface area contributed by atoms with Crippen LogP contribution < -0.4 is 10.1 Å². The molecule has 1 aliphatic rings. The Morgan fingerprint density at radius 1 is 1.33 bits per heavy atom. The highest BCUT2D eigenvalue weighted by Gasteiger charge is 2.18.